The highest BCUT2D eigenvalue weighted by Gasteiger charge is 2.36. The van der Waals surface area contributed by atoms with E-state index in [4.69, 9.17) is 4.65 Å². The van der Waals surface area contributed by atoms with E-state index < -0.39 is 11.2 Å². The molecule has 1 radical (unpaired) electrons. The van der Waals surface area contributed by atoms with Crippen LogP contribution in [-0.2, 0) is 17.5 Å². The van der Waals surface area contributed by atoms with Crippen molar-refractivity contribution in [3.05, 3.63) is 23.3 Å². The van der Waals surface area contributed by atoms with E-state index >= 15 is 0 Å². The van der Waals surface area contributed by atoms with Crippen molar-refractivity contribution in [2.24, 2.45) is 0 Å². The van der Waals surface area contributed by atoms with E-state index in [0.29, 0.717) is 0 Å². The summed E-state index contributed by atoms with van der Waals surface area (Å²) < 4.78 is 5.89. The molecule has 20 heavy (non-hydrogen) atoms. The number of nitrogens with one attached hydrogen (secondary N) is 1. The molecule has 1 aliphatic rings. The standard InChI is InChI=1S/C16H25BNO2/c1-6-11-12-9-10-18-14(12)8-7-13(11)17-20-16(4,5)15(2,3)19/h7-8,18-19H,6,9-10H2,1-5H3. The van der Waals surface area contributed by atoms with Gasteiger partial charge < -0.3 is 15.1 Å². The fraction of sp³-hybridized carbons (Fsp3) is 0.625. The topological polar surface area (TPSA) is 41.5 Å². The lowest BCUT2D eigenvalue weighted by Crippen LogP contribution is -2.49. The lowest BCUT2D eigenvalue weighted by molar-refractivity contribution is -0.0893. The first kappa shape index (κ1) is 15.4. The Morgan fingerprint density at radius 1 is 1.30 bits per heavy atom. The van der Waals surface area contributed by atoms with Gasteiger partial charge in [0.15, 0.2) is 0 Å². The Labute approximate surface area is 123 Å². The van der Waals surface area contributed by atoms with Gasteiger partial charge in [0.2, 0.25) is 0 Å². The fourth-order valence-corrected chi connectivity index (χ4v) is 2.37. The van der Waals surface area contributed by atoms with Crippen molar-refractivity contribution >= 4 is 18.6 Å². The average molecular weight is 274 g/mol. The Kier molecular flexibility index (Phi) is 4.17. The van der Waals surface area contributed by atoms with Crippen LogP contribution in [0.3, 0.4) is 0 Å². The number of fused-ring (bicyclic) bond motifs is 1. The van der Waals surface area contributed by atoms with Crippen LogP contribution in [0.15, 0.2) is 12.1 Å². The Hall–Kier alpha value is -0.995. The summed E-state index contributed by atoms with van der Waals surface area (Å²) in [5.41, 5.74) is 3.60. The third kappa shape index (κ3) is 2.86. The highest BCUT2D eigenvalue weighted by molar-refractivity contribution is 6.48. The van der Waals surface area contributed by atoms with Crippen LogP contribution in [0.2, 0.25) is 0 Å². The van der Waals surface area contributed by atoms with Gasteiger partial charge in [0, 0.05) is 12.2 Å². The first-order valence-corrected chi connectivity index (χ1v) is 7.38. The zero-order valence-electron chi connectivity index (χ0n) is 13.2. The fourth-order valence-electron chi connectivity index (χ4n) is 2.37. The Bertz CT molecular complexity index is 492. The largest absolute Gasteiger partial charge is 0.427 e. The second-order valence-corrected chi connectivity index (χ2v) is 6.49. The summed E-state index contributed by atoms with van der Waals surface area (Å²) in [5.74, 6) is 0. The van der Waals surface area contributed by atoms with Gasteiger partial charge in [-0.1, -0.05) is 13.0 Å². The van der Waals surface area contributed by atoms with Crippen LogP contribution in [0.4, 0.5) is 5.69 Å². The van der Waals surface area contributed by atoms with Gasteiger partial charge in [-0.3, -0.25) is 0 Å². The molecule has 0 saturated heterocycles. The Morgan fingerprint density at radius 3 is 2.60 bits per heavy atom. The van der Waals surface area contributed by atoms with Crippen molar-refractivity contribution in [1.82, 2.24) is 0 Å². The maximum atomic E-state index is 10.1. The van der Waals surface area contributed by atoms with Crippen LogP contribution >= 0.6 is 0 Å². The number of aliphatic hydroxyl groups is 1. The quantitative estimate of drug-likeness (QED) is 0.807. The molecular weight excluding hydrogens is 249 g/mol. The number of rotatable bonds is 5. The molecule has 1 aromatic carbocycles. The minimum atomic E-state index is -0.895. The molecule has 0 spiro atoms. The Balaban J connectivity index is 2.19. The number of anilines is 1. The molecule has 109 valence electrons. The molecule has 1 aromatic rings. The van der Waals surface area contributed by atoms with Crippen molar-refractivity contribution < 1.29 is 9.76 Å². The summed E-state index contributed by atoms with van der Waals surface area (Å²) in [4.78, 5) is 0. The normalized spacial score (nSPS) is 14.9. The number of hydrogen-bond donors (Lipinski definition) is 2. The van der Waals surface area contributed by atoms with Crippen molar-refractivity contribution in [3.8, 4) is 0 Å². The lowest BCUT2D eigenvalue weighted by Gasteiger charge is -2.37. The second-order valence-electron chi connectivity index (χ2n) is 6.49. The first-order chi connectivity index (χ1) is 9.26. The van der Waals surface area contributed by atoms with E-state index in [0.717, 1.165) is 24.8 Å². The molecule has 0 amide bonds. The minimum Gasteiger partial charge on any atom is -0.427 e. The van der Waals surface area contributed by atoms with Gasteiger partial charge in [-0.2, -0.15) is 0 Å². The minimum absolute atomic E-state index is 0.630. The maximum Gasteiger partial charge on any atom is 0.331 e. The molecule has 0 fully saturated rings. The van der Waals surface area contributed by atoms with Crippen molar-refractivity contribution in [1.29, 1.82) is 0 Å². The summed E-state index contributed by atoms with van der Waals surface area (Å²) in [5, 5.41) is 13.6. The molecule has 2 N–H and O–H groups in total. The first-order valence-electron chi connectivity index (χ1n) is 7.38. The van der Waals surface area contributed by atoms with Crippen LogP contribution in [0, 0.1) is 0 Å². The van der Waals surface area contributed by atoms with E-state index in [1.807, 2.05) is 13.8 Å². The number of hydrogen-bond acceptors (Lipinski definition) is 3. The second kappa shape index (κ2) is 5.42. The lowest BCUT2D eigenvalue weighted by atomic mass is 9.78. The molecule has 3 nitrogen and oxygen atoms in total. The predicted octanol–water partition coefficient (Wildman–Crippen LogP) is 2.03. The van der Waals surface area contributed by atoms with E-state index in [1.165, 1.54) is 16.8 Å². The van der Waals surface area contributed by atoms with Gasteiger partial charge in [-0.15, -0.1) is 0 Å². The van der Waals surface area contributed by atoms with Crippen molar-refractivity contribution in [2.45, 2.75) is 58.7 Å². The molecular formula is C16H25BNO2. The van der Waals surface area contributed by atoms with E-state index in [2.05, 4.69) is 24.4 Å². The molecule has 2 rings (SSSR count). The summed E-state index contributed by atoms with van der Waals surface area (Å²) in [6.07, 6.45) is 2.07. The summed E-state index contributed by atoms with van der Waals surface area (Å²) in [6.45, 7) is 10.5. The SMILES string of the molecule is CCc1c([B]OC(C)(C)C(C)(C)O)ccc2c1CCN2. The van der Waals surface area contributed by atoms with Gasteiger partial charge in [0.05, 0.1) is 11.2 Å². The highest BCUT2D eigenvalue weighted by Crippen LogP contribution is 2.26. The van der Waals surface area contributed by atoms with Gasteiger partial charge >= 0.3 is 7.48 Å². The predicted molar refractivity (Wildman–Crippen MR) is 84.9 cm³/mol. The van der Waals surface area contributed by atoms with Crippen LogP contribution in [0.1, 0.15) is 45.7 Å². The molecule has 0 unspecified atom stereocenters. The van der Waals surface area contributed by atoms with Crippen LogP contribution in [0.25, 0.3) is 0 Å². The van der Waals surface area contributed by atoms with Crippen LogP contribution < -0.4 is 10.8 Å². The van der Waals surface area contributed by atoms with E-state index in [1.54, 1.807) is 21.3 Å². The zero-order chi connectivity index (χ0) is 15.0. The number of benzene rings is 1. The summed E-state index contributed by atoms with van der Waals surface area (Å²) in [6, 6.07) is 4.21. The van der Waals surface area contributed by atoms with Crippen molar-refractivity contribution in [2.75, 3.05) is 11.9 Å². The Morgan fingerprint density at radius 2 is 2.00 bits per heavy atom. The van der Waals surface area contributed by atoms with Gasteiger partial charge in [0.1, 0.15) is 0 Å². The average Bonchev–Trinajstić information content (AvgIpc) is 2.82. The highest BCUT2D eigenvalue weighted by atomic mass is 16.5. The molecule has 1 heterocycles. The molecule has 1 aliphatic heterocycles. The van der Waals surface area contributed by atoms with Gasteiger partial charge in [-0.25, -0.2) is 0 Å². The summed E-state index contributed by atoms with van der Waals surface area (Å²) >= 11 is 0. The van der Waals surface area contributed by atoms with Crippen molar-refractivity contribution in [3.63, 3.8) is 0 Å². The zero-order valence-corrected chi connectivity index (χ0v) is 13.2. The third-order valence-electron chi connectivity index (χ3n) is 4.47. The third-order valence-corrected chi connectivity index (χ3v) is 4.47. The molecule has 0 aromatic heterocycles. The molecule has 0 aliphatic carbocycles. The molecule has 4 heteroatoms. The molecule has 0 saturated carbocycles. The van der Waals surface area contributed by atoms with E-state index in [9.17, 15) is 5.11 Å². The van der Waals surface area contributed by atoms with Crippen LogP contribution in [0.5, 0.6) is 0 Å². The smallest absolute Gasteiger partial charge is 0.331 e. The van der Waals surface area contributed by atoms with Gasteiger partial charge in [-0.05, 0) is 63.2 Å². The van der Waals surface area contributed by atoms with Gasteiger partial charge in [0.25, 0.3) is 0 Å². The monoisotopic (exact) mass is 274 g/mol. The maximum absolute atomic E-state index is 10.1. The molecule has 0 atom stereocenters. The summed E-state index contributed by atoms with van der Waals surface area (Å²) in [7, 11) is 1.80. The van der Waals surface area contributed by atoms with E-state index in [-0.39, 0.29) is 0 Å². The molecule has 0 bridgehead atoms. The van der Waals surface area contributed by atoms with Crippen LogP contribution in [-0.4, -0.2) is 30.3 Å².